The Balaban J connectivity index is 3.07. The van der Waals surface area contributed by atoms with E-state index in [0.717, 1.165) is 0 Å². The molecule has 0 aliphatic heterocycles. The molecule has 0 amide bonds. The molecule has 0 atom stereocenters. The summed E-state index contributed by atoms with van der Waals surface area (Å²) < 4.78 is 3.76. The van der Waals surface area contributed by atoms with E-state index in [1.807, 2.05) is 0 Å². The molecule has 0 radical (unpaired) electrons. The highest BCUT2D eigenvalue weighted by Gasteiger charge is 1.66. The molecule has 0 N–H and O–H groups in total. The zero-order valence-corrected chi connectivity index (χ0v) is 2.87. The lowest BCUT2D eigenvalue weighted by Gasteiger charge is -1.62. The molecule has 0 aromatic carbocycles. The van der Waals surface area contributed by atoms with Gasteiger partial charge in [-0.1, -0.05) is 0 Å². The van der Waals surface area contributed by atoms with E-state index in [0.29, 0.717) is 6.40 Å². The van der Waals surface area contributed by atoms with Gasteiger partial charge in [0.2, 0.25) is 0 Å². The standard InChI is InChI=1S/C2H2N2O2/c3-4-1-6-2-5/h1-2H. The number of rotatable bonds is 2. The van der Waals surface area contributed by atoms with Crippen molar-refractivity contribution in [2.24, 2.45) is 0 Å². The lowest BCUT2D eigenvalue weighted by Crippen LogP contribution is -1.80. The normalized spacial score (nSPS) is 5.33. The van der Waals surface area contributed by atoms with E-state index >= 15 is 0 Å². The van der Waals surface area contributed by atoms with Gasteiger partial charge in [0.15, 0.2) is 0 Å². The van der Waals surface area contributed by atoms with Crippen LogP contribution in [0.25, 0.3) is 5.53 Å². The molecule has 0 saturated carbocycles. The van der Waals surface area contributed by atoms with Gasteiger partial charge in [0.25, 0.3) is 0 Å². The minimum Gasteiger partial charge on any atom is -0.367 e. The van der Waals surface area contributed by atoms with Crippen molar-refractivity contribution >= 4 is 12.9 Å². The first-order chi connectivity index (χ1) is 2.91. The van der Waals surface area contributed by atoms with E-state index in [2.05, 4.69) is 9.53 Å². The zero-order valence-electron chi connectivity index (χ0n) is 2.87. The molecule has 4 heteroatoms. The van der Waals surface area contributed by atoms with E-state index < -0.39 is 0 Å². The van der Waals surface area contributed by atoms with E-state index in [-0.39, 0.29) is 6.47 Å². The largest absolute Gasteiger partial charge is 0.445 e. The number of hydrogen-bond donors (Lipinski definition) is 0. The number of ether oxygens (including phenoxy) is 1. The predicted molar refractivity (Wildman–Crippen MR) is 16.8 cm³/mol. The Kier molecular flexibility index (Phi) is 3.11. The van der Waals surface area contributed by atoms with Crippen LogP contribution >= 0.6 is 0 Å². The first-order valence-electron chi connectivity index (χ1n) is 1.17. The van der Waals surface area contributed by atoms with Crippen molar-refractivity contribution in [1.29, 1.82) is 0 Å². The van der Waals surface area contributed by atoms with Gasteiger partial charge in [-0.15, -0.1) is 4.79 Å². The van der Waals surface area contributed by atoms with E-state index in [4.69, 9.17) is 10.3 Å². The Morgan fingerprint density at radius 2 is 2.50 bits per heavy atom. The molecular formula is C2H2N2O2. The first kappa shape index (κ1) is 4.85. The Morgan fingerprint density at radius 1 is 1.83 bits per heavy atom. The van der Waals surface area contributed by atoms with Crippen LogP contribution in [0.2, 0.25) is 0 Å². The van der Waals surface area contributed by atoms with Crippen molar-refractivity contribution < 1.29 is 14.3 Å². The molecule has 4 nitrogen and oxygen atoms in total. The summed E-state index contributed by atoms with van der Waals surface area (Å²) >= 11 is 0. The van der Waals surface area contributed by atoms with Gasteiger partial charge >= 0.3 is 12.9 Å². The molecule has 0 bridgehead atoms. The lowest BCUT2D eigenvalue weighted by molar-refractivity contribution is -0.124. The Morgan fingerprint density at radius 3 is 2.67 bits per heavy atom. The molecule has 0 heterocycles. The van der Waals surface area contributed by atoms with Gasteiger partial charge in [0, 0.05) is 0 Å². The Bertz CT molecular complexity index is 83.5. The second-order valence-corrected chi connectivity index (χ2v) is 0.453. The Labute approximate surface area is 34.0 Å². The maximum absolute atomic E-state index is 9.14. The van der Waals surface area contributed by atoms with E-state index in [9.17, 15) is 0 Å². The monoisotopic (exact) mass is 86.0 g/mol. The molecule has 0 spiro atoms. The summed E-state index contributed by atoms with van der Waals surface area (Å²) in [6, 6.07) is 0. The SMILES string of the molecule is [N-]=[N+]=COC=O. The third kappa shape index (κ3) is 2.85. The van der Waals surface area contributed by atoms with Crippen LogP contribution in [0.1, 0.15) is 0 Å². The van der Waals surface area contributed by atoms with Gasteiger partial charge in [-0.25, -0.2) is 0 Å². The topological polar surface area (TPSA) is 62.7 Å². The summed E-state index contributed by atoms with van der Waals surface area (Å²) in [6.07, 6.45) is 0.618. The molecule has 0 rings (SSSR count). The third-order valence-electron chi connectivity index (χ3n) is 0.164. The van der Waals surface area contributed by atoms with Crippen LogP contribution in [0.4, 0.5) is 0 Å². The average molecular weight is 86.0 g/mol. The number of carbonyl (C=O) groups is 1. The summed E-state index contributed by atoms with van der Waals surface area (Å²) in [6.45, 7) is 0.152. The van der Waals surface area contributed by atoms with Crippen LogP contribution in [0, 0.1) is 0 Å². The fourth-order valence-electron chi connectivity index (χ4n) is 0.0521. The summed E-state index contributed by atoms with van der Waals surface area (Å²) in [5.41, 5.74) is 7.48. The molecule has 0 fully saturated rings. The third-order valence-corrected chi connectivity index (χ3v) is 0.164. The molecule has 6 heavy (non-hydrogen) atoms. The van der Waals surface area contributed by atoms with Crippen LogP contribution in [0.5, 0.6) is 0 Å². The summed E-state index contributed by atoms with van der Waals surface area (Å²) in [4.78, 5) is 11.5. The zero-order chi connectivity index (χ0) is 4.83. The van der Waals surface area contributed by atoms with Gasteiger partial charge in [-0.3, -0.25) is 4.79 Å². The van der Waals surface area contributed by atoms with Crippen molar-refractivity contribution in [3.63, 3.8) is 0 Å². The molecule has 0 aromatic rings. The van der Waals surface area contributed by atoms with Gasteiger partial charge in [-0.2, -0.15) is 0 Å². The summed E-state index contributed by atoms with van der Waals surface area (Å²) in [5, 5.41) is 0. The van der Waals surface area contributed by atoms with Gasteiger partial charge in [-0.05, 0) is 0 Å². The van der Waals surface area contributed by atoms with Crippen LogP contribution < -0.4 is 0 Å². The lowest BCUT2D eigenvalue weighted by atomic mass is 11.4. The molecular weight excluding hydrogens is 84.0 g/mol. The summed E-state index contributed by atoms with van der Waals surface area (Å²) in [5.74, 6) is 0. The number of hydrogen-bond acceptors (Lipinski definition) is 2. The van der Waals surface area contributed by atoms with Crippen molar-refractivity contribution in [2.75, 3.05) is 0 Å². The van der Waals surface area contributed by atoms with Gasteiger partial charge in [0.1, 0.15) is 0 Å². The van der Waals surface area contributed by atoms with Crippen LogP contribution in [-0.4, -0.2) is 17.7 Å². The van der Waals surface area contributed by atoms with E-state index in [1.54, 1.807) is 0 Å². The molecule has 32 valence electrons. The first-order valence-corrected chi connectivity index (χ1v) is 1.17. The van der Waals surface area contributed by atoms with Crippen molar-refractivity contribution in [1.82, 2.24) is 0 Å². The van der Waals surface area contributed by atoms with Gasteiger partial charge in [0.05, 0.1) is 0 Å². The second kappa shape index (κ2) is 3.85. The quantitative estimate of drug-likeness (QED) is 0.148. The highest BCUT2D eigenvalue weighted by molar-refractivity contribution is 5.55. The minimum atomic E-state index is 0.152. The van der Waals surface area contributed by atoms with E-state index in [1.165, 1.54) is 0 Å². The molecule has 0 aromatic heterocycles. The van der Waals surface area contributed by atoms with Crippen molar-refractivity contribution in [3.05, 3.63) is 5.53 Å². The van der Waals surface area contributed by atoms with Gasteiger partial charge < -0.3 is 10.3 Å². The molecule has 0 saturated heterocycles. The highest BCUT2D eigenvalue weighted by atomic mass is 16.5. The fraction of sp³-hybridized carbons (Fsp3) is 0. The number of carbonyl (C=O) groups excluding carboxylic acids is 1. The average Bonchev–Trinajstić information content (AvgIpc) is 1.61. The number of nitrogens with zero attached hydrogens (tertiary/aromatic N) is 2. The maximum Gasteiger partial charge on any atom is 0.445 e. The predicted octanol–water partition coefficient (Wildman–Crippen LogP) is -0.583. The highest BCUT2D eigenvalue weighted by Crippen LogP contribution is 1.42. The van der Waals surface area contributed by atoms with Crippen LogP contribution in [0.15, 0.2) is 0 Å². The van der Waals surface area contributed by atoms with Crippen LogP contribution in [-0.2, 0) is 9.53 Å². The second-order valence-electron chi connectivity index (χ2n) is 0.453. The smallest absolute Gasteiger partial charge is 0.367 e. The maximum atomic E-state index is 9.14. The minimum absolute atomic E-state index is 0.152. The molecule has 0 aliphatic carbocycles. The molecule has 0 unspecified atom stereocenters. The van der Waals surface area contributed by atoms with Crippen molar-refractivity contribution in [2.45, 2.75) is 0 Å². The summed E-state index contributed by atoms with van der Waals surface area (Å²) in [7, 11) is 0. The van der Waals surface area contributed by atoms with Crippen LogP contribution in [0.3, 0.4) is 0 Å². The molecule has 0 aliphatic rings. The Hall–Kier alpha value is -1.15. The fourth-order valence-corrected chi connectivity index (χ4v) is 0.0521. The van der Waals surface area contributed by atoms with Crippen molar-refractivity contribution in [3.8, 4) is 0 Å².